The van der Waals surface area contributed by atoms with Crippen molar-refractivity contribution in [2.45, 2.75) is 13.0 Å². The predicted molar refractivity (Wildman–Crippen MR) is 91.3 cm³/mol. The Hall–Kier alpha value is -1.98. The molecule has 0 bridgehead atoms. The van der Waals surface area contributed by atoms with Crippen LogP contribution < -0.4 is 10.9 Å². The topological polar surface area (TPSA) is 51.5 Å². The highest BCUT2D eigenvalue weighted by molar-refractivity contribution is 9.10. The van der Waals surface area contributed by atoms with Gasteiger partial charge < -0.3 is 5.32 Å². The van der Waals surface area contributed by atoms with Crippen LogP contribution in [0.4, 0.5) is 0 Å². The minimum atomic E-state index is -0.0309. The van der Waals surface area contributed by atoms with Gasteiger partial charge in [0.1, 0.15) is 6.04 Å². The Morgan fingerprint density at radius 2 is 1.82 bits per heavy atom. The first-order valence-electron chi connectivity index (χ1n) is 7.19. The van der Waals surface area contributed by atoms with E-state index >= 15 is 0 Å². The summed E-state index contributed by atoms with van der Waals surface area (Å²) < 4.78 is 2.69. The molecule has 0 amide bonds. The Morgan fingerprint density at radius 1 is 1.14 bits per heavy atom. The van der Waals surface area contributed by atoms with Crippen molar-refractivity contribution in [1.82, 2.24) is 9.55 Å². The van der Waals surface area contributed by atoms with Gasteiger partial charge in [0, 0.05) is 4.47 Å². The maximum Gasteiger partial charge on any atom is 0.266 e. The van der Waals surface area contributed by atoms with Crippen molar-refractivity contribution in [3.8, 4) is 5.69 Å². The van der Waals surface area contributed by atoms with Crippen molar-refractivity contribution in [1.29, 1.82) is 0 Å². The summed E-state index contributed by atoms with van der Waals surface area (Å²) in [5.74, 6) is 0.758. The molecule has 1 atom stereocenters. The van der Waals surface area contributed by atoms with Crippen molar-refractivity contribution in [2.24, 2.45) is 0 Å². The molecule has 0 radical (unpaired) electrons. The van der Waals surface area contributed by atoms with Crippen LogP contribution in [0.3, 0.4) is 0 Å². The molecule has 0 aliphatic heterocycles. The molecule has 22 heavy (non-hydrogen) atoms. The first kappa shape index (κ1) is 14.9. The molecule has 3 aromatic rings. The number of hydrogen-bond acceptors (Lipinski definition) is 2. The molecule has 2 N–H and O–H groups in total. The standard InChI is InChI=1S/C17H16BrN3O/c1-11(19-2)16-20-15-6-4-3-5-14(15)17(22)21(16)13-9-7-12(18)8-10-13/h3-11,19H,1-2H3/p+1/t11-/m0/s1. The van der Waals surface area contributed by atoms with E-state index in [1.54, 1.807) is 4.57 Å². The fourth-order valence-electron chi connectivity index (χ4n) is 2.44. The molecule has 1 heterocycles. The molecule has 5 heteroatoms. The van der Waals surface area contributed by atoms with Crippen LogP contribution in [0.1, 0.15) is 18.8 Å². The highest BCUT2D eigenvalue weighted by atomic mass is 79.9. The molecule has 1 aromatic heterocycles. The molecule has 4 nitrogen and oxygen atoms in total. The van der Waals surface area contributed by atoms with E-state index in [1.807, 2.05) is 67.8 Å². The minimum Gasteiger partial charge on any atom is -0.340 e. The van der Waals surface area contributed by atoms with Gasteiger partial charge in [-0.2, -0.15) is 0 Å². The third-order valence-electron chi connectivity index (χ3n) is 3.79. The lowest BCUT2D eigenvalue weighted by Gasteiger charge is -2.16. The highest BCUT2D eigenvalue weighted by Gasteiger charge is 2.18. The molecule has 0 saturated carbocycles. The van der Waals surface area contributed by atoms with E-state index in [2.05, 4.69) is 15.9 Å². The molecule has 2 aromatic carbocycles. The van der Waals surface area contributed by atoms with E-state index in [9.17, 15) is 4.79 Å². The summed E-state index contributed by atoms with van der Waals surface area (Å²) in [5.41, 5.74) is 1.54. The van der Waals surface area contributed by atoms with E-state index < -0.39 is 0 Å². The van der Waals surface area contributed by atoms with Crippen LogP contribution in [0.25, 0.3) is 16.6 Å². The number of rotatable bonds is 3. The van der Waals surface area contributed by atoms with Crippen LogP contribution in [0.5, 0.6) is 0 Å². The molecule has 0 fully saturated rings. The first-order chi connectivity index (χ1) is 10.6. The van der Waals surface area contributed by atoms with Crippen LogP contribution in [0, 0.1) is 0 Å². The van der Waals surface area contributed by atoms with Gasteiger partial charge in [0.25, 0.3) is 5.56 Å². The second-order valence-corrected chi connectivity index (χ2v) is 6.14. The summed E-state index contributed by atoms with van der Waals surface area (Å²) in [5, 5.41) is 2.68. The molecule has 112 valence electrons. The fourth-order valence-corrected chi connectivity index (χ4v) is 2.71. The average Bonchev–Trinajstić information content (AvgIpc) is 2.55. The molecule has 0 unspecified atom stereocenters. The highest BCUT2D eigenvalue weighted by Crippen LogP contribution is 2.18. The molecule has 0 saturated heterocycles. The van der Waals surface area contributed by atoms with E-state index in [0.29, 0.717) is 5.39 Å². The number of nitrogens with zero attached hydrogens (tertiary/aromatic N) is 2. The third kappa shape index (κ3) is 2.58. The van der Waals surface area contributed by atoms with Gasteiger partial charge in [0.05, 0.1) is 23.6 Å². The summed E-state index contributed by atoms with van der Waals surface area (Å²) in [4.78, 5) is 17.7. The number of halogens is 1. The van der Waals surface area contributed by atoms with Crippen molar-refractivity contribution in [3.63, 3.8) is 0 Å². The van der Waals surface area contributed by atoms with Gasteiger partial charge in [-0.3, -0.25) is 9.36 Å². The minimum absolute atomic E-state index is 0.0309. The third-order valence-corrected chi connectivity index (χ3v) is 4.32. The number of para-hydroxylation sites is 1. The molecule has 3 rings (SSSR count). The van der Waals surface area contributed by atoms with Gasteiger partial charge in [0.2, 0.25) is 0 Å². The lowest BCUT2D eigenvalue weighted by atomic mass is 10.2. The fraction of sp³-hybridized carbons (Fsp3) is 0.176. The average molecular weight is 359 g/mol. The zero-order valence-electron chi connectivity index (χ0n) is 12.5. The number of nitrogens with two attached hydrogens (primary N) is 1. The monoisotopic (exact) mass is 358 g/mol. The van der Waals surface area contributed by atoms with Gasteiger partial charge in [-0.1, -0.05) is 28.1 Å². The van der Waals surface area contributed by atoms with Crippen molar-refractivity contribution < 1.29 is 5.32 Å². The lowest BCUT2D eigenvalue weighted by molar-refractivity contribution is -0.668. The van der Waals surface area contributed by atoms with E-state index in [-0.39, 0.29) is 11.6 Å². The van der Waals surface area contributed by atoms with Crippen LogP contribution in [0.15, 0.2) is 57.8 Å². The van der Waals surface area contributed by atoms with Gasteiger partial charge >= 0.3 is 0 Å². The Bertz CT molecular complexity index is 871. The van der Waals surface area contributed by atoms with E-state index in [4.69, 9.17) is 4.98 Å². The second kappa shape index (κ2) is 6.02. The van der Waals surface area contributed by atoms with Gasteiger partial charge in [-0.05, 0) is 43.3 Å². The number of hydrogen-bond donors (Lipinski definition) is 1. The quantitative estimate of drug-likeness (QED) is 0.781. The lowest BCUT2D eigenvalue weighted by Crippen LogP contribution is -2.80. The maximum absolute atomic E-state index is 13.0. The largest absolute Gasteiger partial charge is 0.340 e. The van der Waals surface area contributed by atoms with Gasteiger partial charge in [0.15, 0.2) is 5.82 Å². The zero-order chi connectivity index (χ0) is 15.7. The van der Waals surface area contributed by atoms with E-state index in [0.717, 1.165) is 21.5 Å². The summed E-state index contributed by atoms with van der Waals surface area (Å²) in [6.45, 7) is 2.05. The van der Waals surface area contributed by atoms with Gasteiger partial charge in [-0.25, -0.2) is 4.98 Å². The van der Waals surface area contributed by atoms with Crippen molar-refractivity contribution >= 4 is 26.8 Å². The van der Waals surface area contributed by atoms with E-state index in [1.165, 1.54) is 0 Å². The SMILES string of the molecule is C[NH2+][C@@H](C)c1nc2ccccc2c(=O)n1-c1ccc(Br)cc1. The Kier molecular flexibility index (Phi) is 4.09. The summed E-state index contributed by atoms with van der Waals surface area (Å²) in [6, 6.07) is 15.3. The predicted octanol–water partition coefficient (Wildman–Crippen LogP) is 2.40. The number of quaternary nitrogens is 1. The van der Waals surface area contributed by atoms with Crippen molar-refractivity contribution in [3.05, 3.63) is 69.2 Å². The maximum atomic E-state index is 13.0. The van der Waals surface area contributed by atoms with Crippen LogP contribution in [-0.2, 0) is 0 Å². The summed E-state index contributed by atoms with van der Waals surface area (Å²) >= 11 is 3.43. The summed E-state index contributed by atoms with van der Waals surface area (Å²) in [7, 11) is 1.98. The number of aromatic nitrogens is 2. The second-order valence-electron chi connectivity index (χ2n) is 5.23. The van der Waals surface area contributed by atoms with Crippen LogP contribution >= 0.6 is 15.9 Å². The molecule has 0 aliphatic carbocycles. The normalized spacial score (nSPS) is 12.5. The Morgan fingerprint density at radius 3 is 2.50 bits per heavy atom. The van der Waals surface area contributed by atoms with Gasteiger partial charge in [-0.15, -0.1) is 0 Å². The Balaban J connectivity index is 2.37. The van der Waals surface area contributed by atoms with Crippen molar-refractivity contribution in [2.75, 3.05) is 7.05 Å². The number of benzene rings is 2. The summed E-state index contributed by atoms with van der Waals surface area (Å²) in [6.07, 6.45) is 0. The molecular formula is C17H17BrN3O+. The molecular weight excluding hydrogens is 342 g/mol. The molecule has 0 spiro atoms. The zero-order valence-corrected chi connectivity index (χ0v) is 14.0. The van der Waals surface area contributed by atoms with Crippen LogP contribution in [0.2, 0.25) is 0 Å². The molecule has 0 aliphatic rings. The number of fused-ring (bicyclic) bond motifs is 1. The smallest absolute Gasteiger partial charge is 0.266 e. The van der Waals surface area contributed by atoms with Crippen LogP contribution in [-0.4, -0.2) is 16.6 Å². The first-order valence-corrected chi connectivity index (χ1v) is 7.98. The Labute approximate surface area is 136 Å².